The van der Waals surface area contributed by atoms with Gasteiger partial charge in [-0.25, -0.2) is 0 Å². The Hall–Kier alpha value is -2.02. The maximum atomic E-state index is 12.2. The summed E-state index contributed by atoms with van der Waals surface area (Å²) in [5.41, 5.74) is 0.590. The van der Waals surface area contributed by atoms with Crippen LogP contribution in [0.1, 0.15) is 43.4 Å². The highest BCUT2D eigenvalue weighted by Gasteiger charge is 2.15. The zero-order valence-corrected chi connectivity index (χ0v) is 15.4. The maximum Gasteiger partial charge on any atom is 0.251 e. The first-order chi connectivity index (χ1) is 11.6. The van der Waals surface area contributed by atoms with Crippen molar-refractivity contribution in [2.24, 2.45) is 0 Å². The third-order valence-corrected chi connectivity index (χ3v) is 5.00. The molecule has 0 saturated heterocycles. The summed E-state index contributed by atoms with van der Waals surface area (Å²) < 4.78 is 7.14. The van der Waals surface area contributed by atoms with Gasteiger partial charge in [-0.1, -0.05) is 25.6 Å². The van der Waals surface area contributed by atoms with E-state index in [2.05, 4.69) is 36.3 Å². The number of benzene rings is 1. The maximum absolute atomic E-state index is 12.2. The minimum absolute atomic E-state index is 0.139. The van der Waals surface area contributed by atoms with Crippen LogP contribution in [0.15, 0.2) is 29.4 Å². The molecule has 0 spiro atoms. The fourth-order valence-corrected chi connectivity index (χ4v) is 3.10. The van der Waals surface area contributed by atoms with Crippen molar-refractivity contribution in [1.29, 1.82) is 0 Å². The van der Waals surface area contributed by atoms with E-state index in [0.29, 0.717) is 17.4 Å². The summed E-state index contributed by atoms with van der Waals surface area (Å²) in [5.74, 6) is 1.36. The van der Waals surface area contributed by atoms with Gasteiger partial charge in [0, 0.05) is 17.4 Å². The summed E-state index contributed by atoms with van der Waals surface area (Å²) in [7, 11) is 1.60. The van der Waals surface area contributed by atoms with Gasteiger partial charge < -0.3 is 14.6 Å². The average molecular weight is 348 g/mol. The Kier molecular flexibility index (Phi) is 6.66. The monoisotopic (exact) mass is 348 g/mol. The third-order valence-electron chi connectivity index (χ3n) is 3.75. The van der Waals surface area contributed by atoms with Gasteiger partial charge >= 0.3 is 0 Å². The Balaban J connectivity index is 2.01. The van der Waals surface area contributed by atoms with Gasteiger partial charge in [-0.2, -0.15) is 0 Å². The van der Waals surface area contributed by atoms with Crippen molar-refractivity contribution in [3.63, 3.8) is 0 Å². The summed E-state index contributed by atoms with van der Waals surface area (Å²) in [6, 6.07) is 7.01. The predicted octanol–water partition coefficient (Wildman–Crippen LogP) is 3.13. The zero-order valence-electron chi connectivity index (χ0n) is 14.6. The van der Waals surface area contributed by atoms with E-state index in [9.17, 15) is 4.79 Å². The van der Waals surface area contributed by atoms with Gasteiger partial charge in [0.1, 0.15) is 5.75 Å². The first-order valence-corrected chi connectivity index (χ1v) is 8.97. The van der Waals surface area contributed by atoms with Gasteiger partial charge in [0.05, 0.1) is 13.7 Å². The predicted molar refractivity (Wildman–Crippen MR) is 95.5 cm³/mol. The van der Waals surface area contributed by atoms with Gasteiger partial charge in [0.25, 0.3) is 5.91 Å². The topological polar surface area (TPSA) is 69.0 Å². The molecule has 0 saturated carbocycles. The Morgan fingerprint density at radius 3 is 2.58 bits per heavy atom. The van der Waals surface area contributed by atoms with E-state index in [1.807, 2.05) is 4.57 Å². The number of nitrogens with zero attached hydrogens (tertiary/aromatic N) is 3. The Labute approximate surface area is 147 Å². The minimum atomic E-state index is -0.139. The molecule has 2 rings (SSSR count). The molecule has 2 aromatic rings. The summed E-state index contributed by atoms with van der Waals surface area (Å²) in [5, 5.41) is 12.8. The number of ether oxygens (including phenoxy) is 1. The van der Waals surface area contributed by atoms with Crippen LogP contribution < -0.4 is 10.1 Å². The first kappa shape index (κ1) is 18.3. The lowest BCUT2D eigenvalue weighted by Gasteiger charge is -2.11. The molecule has 0 radical (unpaired) electrons. The molecule has 1 N–H and O–H groups in total. The number of aromatic nitrogens is 3. The van der Waals surface area contributed by atoms with Gasteiger partial charge in [-0.3, -0.25) is 4.79 Å². The molecule has 0 bridgehead atoms. The van der Waals surface area contributed by atoms with Crippen LogP contribution in [0.5, 0.6) is 5.75 Å². The lowest BCUT2D eigenvalue weighted by atomic mass is 10.2. The molecular formula is C17H24N4O2S. The highest BCUT2D eigenvalue weighted by atomic mass is 32.2. The molecule has 130 valence electrons. The average Bonchev–Trinajstić information content (AvgIpc) is 3.00. The van der Waals surface area contributed by atoms with Crippen LogP contribution in [0.2, 0.25) is 0 Å². The van der Waals surface area contributed by atoms with Gasteiger partial charge in [-0.05, 0) is 37.6 Å². The van der Waals surface area contributed by atoms with Crippen LogP contribution >= 0.6 is 11.8 Å². The van der Waals surface area contributed by atoms with E-state index in [1.165, 1.54) is 0 Å². The molecule has 1 aromatic heterocycles. The highest BCUT2D eigenvalue weighted by molar-refractivity contribution is 7.99. The molecule has 0 aliphatic heterocycles. The summed E-state index contributed by atoms with van der Waals surface area (Å²) in [6.07, 6.45) is 1.07. The van der Waals surface area contributed by atoms with Gasteiger partial charge in [-0.15, -0.1) is 10.2 Å². The number of thioether (sulfide) groups is 1. The SMILES string of the molecule is CC[C@H](C)Sc1nnc(CNC(=O)c2ccc(OC)cc2)n1CC. The van der Waals surface area contributed by atoms with E-state index in [-0.39, 0.29) is 5.91 Å². The number of amides is 1. The first-order valence-electron chi connectivity index (χ1n) is 8.10. The lowest BCUT2D eigenvalue weighted by Crippen LogP contribution is -2.24. The summed E-state index contributed by atoms with van der Waals surface area (Å²) in [4.78, 5) is 12.2. The number of carbonyl (C=O) groups excluding carboxylic acids is 1. The van der Waals surface area contributed by atoms with Crippen molar-refractivity contribution in [3.8, 4) is 5.75 Å². The molecule has 1 aromatic carbocycles. The molecule has 0 aliphatic carbocycles. The molecule has 0 fully saturated rings. The van der Waals surface area contributed by atoms with Gasteiger partial charge in [0.15, 0.2) is 11.0 Å². The lowest BCUT2D eigenvalue weighted by molar-refractivity contribution is 0.0949. The minimum Gasteiger partial charge on any atom is -0.497 e. The summed E-state index contributed by atoms with van der Waals surface area (Å²) in [6.45, 7) is 7.51. The number of nitrogens with one attached hydrogen (secondary N) is 1. The van der Waals surface area contributed by atoms with E-state index in [0.717, 1.165) is 29.7 Å². The molecule has 24 heavy (non-hydrogen) atoms. The van der Waals surface area contributed by atoms with Crippen LogP contribution in [0.3, 0.4) is 0 Å². The molecular weight excluding hydrogens is 324 g/mol. The Morgan fingerprint density at radius 1 is 1.29 bits per heavy atom. The van der Waals surface area contributed by atoms with Crippen molar-refractivity contribution < 1.29 is 9.53 Å². The van der Waals surface area contributed by atoms with Crippen LogP contribution in [-0.2, 0) is 13.1 Å². The largest absolute Gasteiger partial charge is 0.497 e. The normalized spacial score (nSPS) is 12.0. The number of hydrogen-bond acceptors (Lipinski definition) is 5. The number of hydrogen-bond donors (Lipinski definition) is 1. The highest BCUT2D eigenvalue weighted by Crippen LogP contribution is 2.24. The Bertz CT molecular complexity index is 670. The van der Waals surface area contributed by atoms with E-state index < -0.39 is 0 Å². The Morgan fingerprint density at radius 2 is 2.00 bits per heavy atom. The standard InChI is InChI=1S/C17H24N4O2S/c1-5-12(3)24-17-20-19-15(21(17)6-2)11-18-16(22)13-7-9-14(23-4)10-8-13/h7-10,12H,5-6,11H2,1-4H3,(H,18,22)/t12-/m0/s1. The number of rotatable bonds is 8. The van der Waals surface area contributed by atoms with Crippen LogP contribution in [0.4, 0.5) is 0 Å². The number of methoxy groups -OCH3 is 1. The molecule has 1 heterocycles. The smallest absolute Gasteiger partial charge is 0.251 e. The van der Waals surface area contributed by atoms with Gasteiger partial charge in [0.2, 0.25) is 0 Å². The van der Waals surface area contributed by atoms with Crippen LogP contribution in [0, 0.1) is 0 Å². The van der Waals surface area contributed by atoms with Crippen molar-refractivity contribution in [2.75, 3.05) is 7.11 Å². The van der Waals surface area contributed by atoms with E-state index >= 15 is 0 Å². The fraction of sp³-hybridized carbons (Fsp3) is 0.471. The number of carbonyl (C=O) groups is 1. The quantitative estimate of drug-likeness (QED) is 0.742. The molecule has 6 nitrogen and oxygen atoms in total. The molecule has 0 aliphatic rings. The summed E-state index contributed by atoms with van der Waals surface area (Å²) >= 11 is 1.71. The van der Waals surface area contributed by atoms with Crippen LogP contribution in [0.25, 0.3) is 0 Å². The fourth-order valence-electron chi connectivity index (χ4n) is 2.12. The zero-order chi connectivity index (χ0) is 17.5. The van der Waals surface area contributed by atoms with E-state index in [1.54, 1.807) is 43.1 Å². The van der Waals surface area contributed by atoms with Crippen molar-refractivity contribution >= 4 is 17.7 Å². The van der Waals surface area contributed by atoms with Crippen LogP contribution in [-0.4, -0.2) is 33.0 Å². The van der Waals surface area contributed by atoms with E-state index in [4.69, 9.17) is 4.74 Å². The van der Waals surface area contributed by atoms with Crippen molar-refractivity contribution in [1.82, 2.24) is 20.1 Å². The molecule has 1 amide bonds. The molecule has 7 heteroatoms. The second-order valence-electron chi connectivity index (χ2n) is 5.39. The molecule has 1 atom stereocenters. The third kappa shape index (κ3) is 4.50. The van der Waals surface area contributed by atoms with Crippen molar-refractivity contribution in [2.45, 2.75) is 50.7 Å². The second kappa shape index (κ2) is 8.73. The molecule has 0 unspecified atom stereocenters. The van der Waals surface area contributed by atoms with Crippen molar-refractivity contribution in [3.05, 3.63) is 35.7 Å². The second-order valence-corrected chi connectivity index (χ2v) is 6.80.